The Morgan fingerprint density at radius 2 is 1.76 bits per heavy atom. The molecule has 0 fully saturated rings. The minimum atomic E-state index is -0.105. The van der Waals surface area contributed by atoms with E-state index in [2.05, 4.69) is 36.7 Å². The monoisotopic (exact) mass is 481 g/mol. The quantitative estimate of drug-likeness (QED) is 0.122. The summed E-state index contributed by atoms with van der Waals surface area (Å²) in [5.41, 5.74) is 12.5. The van der Waals surface area contributed by atoms with Gasteiger partial charge in [-0.3, -0.25) is 4.79 Å². The van der Waals surface area contributed by atoms with Crippen LogP contribution in [0.25, 0.3) is 11.1 Å². The topological polar surface area (TPSA) is 106 Å². The van der Waals surface area contributed by atoms with E-state index in [9.17, 15) is 4.79 Å². The number of amides is 1. The zero-order chi connectivity index (χ0) is 24.0. The molecule has 33 heavy (non-hydrogen) atoms. The zero-order valence-electron chi connectivity index (χ0n) is 18.9. The van der Waals surface area contributed by atoms with Crippen LogP contribution >= 0.6 is 23.4 Å². The number of hydrazine groups is 1. The molecular weight excluding hydrogens is 454 g/mol. The predicted molar refractivity (Wildman–Crippen MR) is 139 cm³/mol. The molecule has 8 heteroatoms. The summed E-state index contributed by atoms with van der Waals surface area (Å²) in [6.07, 6.45) is 0.249. The Balaban J connectivity index is 1.97. The minimum Gasteiger partial charge on any atom is -0.382 e. The number of nitrogens with two attached hydrogens (primary N) is 2. The lowest BCUT2D eigenvalue weighted by Crippen LogP contribution is -2.23. The molecule has 0 aliphatic heterocycles. The van der Waals surface area contributed by atoms with E-state index in [0.717, 1.165) is 32.8 Å². The first kappa shape index (κ1) is 24.6. The summed E-state index contributed by atoms with van der Waals surface area (Å²) in [5, 5.41) is 7.64. The lowest BCUT2D eigenvalue weighted by molar-refractivity contribution is -0.115. The largest absolute Gasteiger partial charge is 0.382 e. The number of rotatable bonds is 7. The van der Waals surface area contributed by atoms with E-state index in [4.69, 9.17) is 23.2 Å². The molecule has 3 aromatic carbocycles. The predicted octanol–water partition coefficient (Wildman–Crippen LogP) is 5.16. The summed E-state index contributed by atoms with van der Waals surface area (Å²) in [6.45, 7) is 6.41. The van der Waals surface area contributed by atoms with Crippen molar-refractivity contribution >= 4 is 40.8 Å². The van der Waals surface area contributed by atoms with E-state index in [1.54, 1.807) is 23.9 Å². The van der Waals surface area contributed by atoms with E-state index in [0.29, 0.717) is 5.02 Å². The summed E-state index contributed by atoms with van der Waals surface area (Å²) >= 11 is 7.65. The van der Waals surface area contributed by atoms with Crippen molar-refractivity contribution < 1.29 is 4.79 Å². The second-order valence-corrected chi connectivity index (χ2v) is 10.8. The third-order valence-electron chi connectivity index (χ3n) is 4.65. The van der Waals surface area contributed by atoms with Crippen molar-refractivity contribution in [2.45, 2.75) is 36.8 Å². The second kappa shape index (κ2) is 10.7. The van der Waals surface area contributed by atoms with Crippen LogP contribution in [-0.2, 0) is 11.2 Å². The van der Waals surface area contributed by atoms with Gasteiger partial charge in [0, 0.05) is 20.2 Å². The summed E-state index contributed by atoms with van der Waals surface area (Å²) in [5.74, 6) is 5.48. The van der Waals surface area contributed by atoms with Crippen molar-refractivity contribution in [2.24, 2.45) is 16.7 Å². The van der Waals surface area contributed by atoms with E-state index in [-0.39, 0.29) is 22.9 Å². The molecule has 0 unspecified atom stereocenters. The van der Waals surface area contributed by atoms with Crippen molar-refractivity contribution in [1.82, 2.24) is 5.53 Å². The van der Waals surface area contributed by atoms with Crippen LogP contribution < -0.4 is 22.4 Å². The number of thioether (sulfide) groups is 1. The lowest BCUT2D eigenvalue weighted by atomic mass is 9.98. The van der Waals surface area contributed by atoms with Gasteiger partial charge in [-0.1, -0.05) is 74.8 Å². The molecule has 0 saturated carbocycles. The van der Waals surface area contributed by atoms with Crippen LogP contribution in [0.15, 0.2) is 76.7 Å². The Morgan fingerprint density at radius 3 is 2.42 bits per heavy atom. The molecule has 0 spiro atoms. The van der Waals surface area contributed by atoms with Gasteiger partial charge in [-0.25, -0.2) is 11.4 Å². The molecule has 6 N–H and O–H groups in total. The van der Waals surface area contributed by atoms with Crippen molar-refractivity contribution in [3.05, 3.63) is 82.9 Å². The number of nitrogens with zero attached hydrogens (tertiary/aromatic N) is 1. The number of anilines is 1. The number of hydrogen-bond acceptors (Lipinski definition) is 5. The maximum absolute atomic E-state index is 12.9. The number of halogens is 1. The number of nitrogens with one attached hydrogen (secondary N) is 2. The van der Waals surface area contributed by atoms with Crippen LogP contribution in [0.2, 0.25) is 5.02 Å². The molecule has 172 valence electrons. The van der Waals surface area contributed by atoms with Crippen molar-refractivity contribution in [3.8, 4) is 11.1 Å². The Kier molecular flexibility index (Phi) is 8.02. The van der Waals surface area contributed by atoms with Gasteiger partial charge in [-0.05, 0) is 41.0 Å². The van der Waals surface area contributed by atoms with Gasteiger partial charge in [-0.15, -0.1) is 16.9 Å². The van der Waals surface area contributed by atoms with Crippen molar-refractivity contribution in [2.75, 3.05) is 5.32 Å². The Morgan fingerprint density at radius 1 is 1.06 bits per heavy atom. The van der Waals surface area contributed by atoms with Crippen molar-refractivity contribution in [3.63, 3.8) is 0 Å². The van der Waals surface area contributed by atoms with Gasteiger partial charge in [-0.2, -0.15) is 0 Å². The third kappa shape index (κ3) is 6.99. The summed E-state index contributed by atoms with van der Waals surface area (Å²) in [7, 11) is 0. The van der Waals surface area contributed by atoms with E-state index >= 15 is 0 Å². The lowest BCUT2D eigenvalue weighted by Gasteiger charge is -2.21. The first-order chi connectivity index (χ1) is 15.7. The normalized spacial score (nSPS) is 11.8. The van der Waals surface area contributed by atoms with Crippen LogP contribution in [0.3, 0.4) is 0 Å². The smallest absolute Gasteiger partial charge is 0.228 e. The standard InChI is InChI=1S/C25H28ClN5OS/c1-25(2,3)33-22-13-10-17(19-6-4-5-7-20(19)24(27)30-31-28)15-21(22)29-23(32)14-16-8-11-18(26)12-9-16/h4-13,15,31H,14,28H2,1-3H3,(H2,27,30)(H,29,32). The number of amidine groups is 1. The average molecular weight is 482 g/mol. The molecule has 0 saturated heterocycles. The van der Waals surface area contributed by atoms with Gasteiger partial charge in [0.05, 0.1) is 12.1 Å². The number of carbonyl (C=O) groups excluding carboxylic acids is 1. The highest BCUT2D eigenvalue weighted by Gasteiger charge is 2.18. The molecule has 0 atom stereocenters. The number of benzene rings is 3. The molecule has 6 nitrogen and oxygen atoms in total. The third-order valence-corrected chi connectivity index (χ3v) is 6.09. The molecular formula is C25H28ClN5OS. The highest BCUT2D eigenvalue weighted by Crippen LogP contribution is 2.39. The van der Waals surface area contributed by atoms with Crippen LogP contribution in [0.5, 0.6) is 0 Å². The van der Waals surface area contributed by atoms with Gasteiger partial charge in [0.2, 0.25) is 5.91 Å². The average Bonchev–Trinajstić information content (AvgIpc) is 2.76. The molecule has 0 radical (unpaired) electrons. The summed E-state index contributed by atoms with van der Waals surface area (Å²) in [6, 6.07) is 20.9. The van der Waals surface area contributed by atoms with Gasteiger partial charge in [0.25, 0.3) is 0 Å². The number of hydrogen-bond donors (Lipinski definition) is 4. The van der Waals surface area contributed by atoms with Gasteiger partial charge in [0.15, 0.2) is 5.84 Å². The SMILES string of the molecule is CC(C)(C)Sc1ccc(-c2ccccc2/C(N)=N/NN)cc1NC(=O)Cc1ccc(Cl)cc1. The van der Waals surface area contributed by atoms with Crippen LogP contribution in [0.4, 0.5) is 5.69 Å². The molecule has 0 aliphatic carbocycles. The number of hydrazone groups is 1. The Bertz CT molecular complexity index is 1160. The fourth-order valence-corrected chi connectivity index (χ4v) is 4.43. The van der Waals surface area contributed by atoms with Gasteiger partial charge >= 0.3 is 0 Å². The van der Waals surface area contributed by atoms with Crippen molar-refractivity contribution in [1.29, 1.82) is 0 Å². The highest BCUT2D eigenvalue weighted by atomic mass is 35.5. The first-order valence-electron chi connectivity index (χ1n) is 10.4. The Labute approximate surface area is 203 Å². The highest BCUT2D eigenvalue weighted by molar-refractivity contribution is 8.00. The first-order valence-corrected chi connectivity index (χ1v) is 11.6. The zero-order valence-corrected chi connectivity index (χ0v) is 20.4. The van der Waals surface area contributed by atoms with E-state index in [1.165, 1.54) is 0 Å². The summed E-state index contributed by atoms with van der Waals surface area (Å²) in [4.78, 5) is 13.9. The molecule has 3 rings (SSSR count). The molecule has 0 aliphatic rings. The van der Waals surface area contributed by atoms with Gasteiger partial charge < -0.3 is 11.1 Å². The molecule has 1 amide bonds. The van der Waals surface area contributed by atoms with Crippen LogP contribution in [0, 0.1) is 0 Å². The molecule has 0 aromatic heterocycles. The maximum atomic E-state index is 12.9. The minimum absolute atomic E-state index is 0.0288. The van der Waals surface area contributed by atoms with Crippen LogP contribution in [-0.4, -0.2) is 16.5 Å². The summed E-state index contributed by atoms with van der Waals surface area (Å²) < 4.78 is -0.0288. The number of carbonyl (C=O) groups is 1. The van der Waals surface area contributed by atoms with E-state index in [1.807, 2.05) is 54.6 Å². The van der Waals surface area contributed by atoms with Crippen LogP contribution in [0.1, 0.15) is 31.9 Å². The van der Waals surface area contributed by atoms with E-state index < -0.39 is 0 Å². The fraction of sp³-hybridized carbons (Fsp3) is 0.200. The molecule has 0 bridgehead atoms. The van der Waals surface area contributed by atoms with Gasteiger partial charge in [0.1, 0.15) is 0 Å². The molecule has 3 aromatic rings. The Hall–Kier alpha value is -3.00. The fourth-order valence-electron chi connectivity index (χ4n) is 3.28. The second-order valence-electron chi connectivity index (χ2n) is 8.45. The maximum Gasteiger partial charge on any atom is 0.228 e. The molecule has 0 heterocycles.